The molecule has 4 heteroatoms. The first-order valence-corrected chi connectivity index (χ1v) is 7.64. The molecule has 0 aliphatic heterocycles. The molecule has 0 atom stereocenters. The van der Waals surface area contributed by atoms with Crippen molar-refractivity contribution in [2.45, 2.75) is 44.6 Å². The fourth-order valence-corrected chi connectivity index (χ4v) is 3.18. The van der Waals surface area contributed by atoms with E-state index in [9.17, 15) is 9.90 Å². The van der Waals surface area contributed by atoms with E-state index in [4.69, 9.17) is 0 Å². The van der Waals surface area contributed by atoms with Crippen molar-refractivity contribution in [3.63, 3.8) is 0 Å². The predicted octanol–water partition coefficient (Wildman–Crippen LogP) is 2.88. The van der Waals surface area contributed by atoms with E-state index in [0.717, 1.165) is 30.6 Å². The average molecular weight is 279 g/mol. The molecular weight excluding hydrogens is 258 g/mol. The van der Waals surface area contributed by atoms with Crippen LogP contribution in [0.5, 0.6) is 0 Å². The van der Waals surface area contributed by atoms with Gasteiger partial charge >= 0.3 is 0 Å². The number of aryl methyl sites for hydroxylation is 1. The largest absolute Gasteiger partial charge is 0.388 e. The van der Waals surface area contributed by atoms with Gasteiger partial charge in [-0.05, 0) is 38.0 Å². The van der Waals surface area contributed by atoms with Crippen LogP contribution in [-0.2, 0) is 4.79 Å². The molecule has 0 aromatic carbocycles. The zero-order chi connectivity index (χ0) is 13.7. The van der Waals surface area contributed by atoms with Gasteiger partial charge in [-0.25, -0.2) is 0 Å². The molecule has 0 radical (unpaired) electrons. The second-order valence-electron chi connectivity index (χ2n) is 5.28. The van der Waals surface area contributed by atoms with Crippen LogP contribution in [0.25, 0.3) is 6.08 Å². The molecule has 1 saturated carbocycles. The van der Waals surface area contributed by atoms with Crippen molar-refractivity contribution in [3.05, 3.63) is 28.0 Å². The van der Waals surface area contributed by atoms with E-state index < -0.39 is 5.60 Å². The number of nitrogens with one attached hydrogen (secondary N) is 1. The molecule has 0 unspecified atom stereocenters. The van der Waals surface area contributed by atoms with Crippen molar-refractivity contribution in [2.24, 2.45) is 0 Å². The molecule has 1 heterocycles. The molecule has 104 valence electrons. The van der Waals surface area contributed by atoms with E-state index in [1.165, 1.54) is 17.4 Å². The number of thiophene rings is 1. The molecule has 1 aliphatic carbocycles. The van der Waals surface area contributed by atoms with Gasteiger partial charge in [0, 0.05) is 22.4 Å². The van der Waals surface area contributed by atoms with Crippen LogP contribution in [0.15, 0.2) is 18.2 Å². The molecule has 1 aliphatic rings. The maximum absolute atomic E-state index is 11.7. The Bertz CT molecular complexity index is 458. The van der Waals surface area contributed by atoms with E-state index in [2.05, 4.69) is 5.32 Å². The molecular formula is C15H21NO2S. The third kappa shape index (κ3) is 4.48. The maximum Gasteiger partial charge on any atom is 0.244 e. The van der Waals surface area contributed by atoms with Gasteiger partial charge in [-0.15, -0.1) is 11.3 Å². The summed E-state index contributed by atoms with van der Waals surface area (Å²) in [5.41, 5.74) is -0.693. The van der Waals surface area contributed by atoms with Crippen LogP contribution in [-0.4, -0.2) is 23.2 Å². The summed E-state index contributed by atoms with van der Waals surface area (Å²) in [6, 6.07) is 4.03. The first kappa shape index (κ1) is 14.3. The summed E-state index contributed by atoms with van der Waals surface area (Å²) in [4.78, 5) is 14.0. The first-order chi connectivity index (χ1) is 9.07. The maximum atomic E-state index is 11.7. The minimum absolute atomic E-state index is 0.134. The van der Waals surface area contributed by atoms with Gasteiger partial charge in [0.25, 0.3) is 0 Å². The molecule has 3 nitrogen and oxygen atoms in total. The fourth-order valence-electron chi connectivity index (χ4n) is 2.40. The van der Waals surface area contributed by atoms with Gasteiger partial charge in [-0.3, -0.25) is 4.79 Å². The van der Waals surface area contributed by atoms with E-state index in [1.807, 2.05) is 25.1 Å². The Labute approximate surface area is 118 Å². The van der Waals surface area contributed by atoms with Crippen molar-refractivity contribution in [1.82, 2.24) is 5.32 Å². The normalized spacial score (nSPS) is 18.6. The monoisotopic (exact) mass is 279 g/mol. The third-order valence-corrected chi connectivity index (χ3v) is 4.50. The molecule has 0 spiro atoms. The van der Waals surface area contributed by atoms with Crippen LogP contribution in [0.4, 0.5) is 0 Å². The number of carbonyl (C=O) groups is 1. The number of hydrogen-bond acceptors (Lipinski definition) is 3. The van der Waals surface area contributed by atoms with Crippen molar-refractivity contribution in [1.29, 1.82) is 0 Å². The summed E-state index contributed by atoms with van der Waals surface area (Å²) >= 11 is 1.66. The lowest BCUT2D eigenvalue weighted by atomic mass is 9.85. The van der Waals surface area contributed by atoms with Crippen LogP contribution in [0.3, 0.4) is 0 Å². The highest BCUT2D eigenvalue weighted by Crippen LogP contribution is 2.27. The first-order valence-electron chi connectivity index (χ1n) is 6.82. The summed E-state index contributed by atoms with van der Waals surface area (Å²) in [6.07, 6.45) is 8.23. The Morgan fingerprint density at radius 1 is 1.42 bits per heavy atom. The van der Waals surface area contributed by atoms with Gasteiger partial charge in [0.05, 0.1) is 5.60 Å². The zero-order valence-corrected chi connectivity index (χ0v) is 12.1. The van der Waals surface area contributed by atoms with Crippen LogP contribution in [0.1, 0.15) is 41.9 Å². The Morgan fingerprint density at radius 2 is 2.16 bits per heavy atom. The van der Waals surface area contributed by atoms with E-state index >= 15 is 0 Å². The molecule has 1 fully saturated rings. The zero-order valence-electron chi connectivity index (χ0n) is 11.3. The number of hydrogen-bond donors (Lipinski definition) is 2. The highest BCUT2D eigenvalue weighted by atomic mass is 32.1. The van der Waals surface area contributed by atoms with Gasteiger partial charge < -0.3 is 10.4 Å². The summed E-state index contributed by atoms with van der Waals surface area (Å²) in [5.74, 6) is -0.134. The topological polar surface area (TPSA) is 49.3 Å². The Hall–Kier alpha value is -1.13. The second-order valence-corrected chi connectivity index (χ2v) is 6.60. The van der Waals surface area contributed by atoms with Crippen molar-refractivity contribution in [2.75, 3.05) is 6.54 Å². The Morgan fingerprint density at radius 3 is 2.79 bits per heavy atom. The van der Waals surface area contributed by atoms with Gasteiger partial charge in [0.2, 0.25) is 5.91 Å². The predicted molar refractivity (Wildman–Crippen MR) is 79.1 cm³/mol. The molecule has 1 aromatic heterocycles. The summed E-state index contributed by atoms with van der Waals surface area (Å²) in [7, 11) is 0. The van der Waals surface area contributed by atoms with E-state index in [-0.39, 0.29) is 5.91 Å². The summed E-state index contributed by atoms with van der Waals surface area (Å²) < 4.78 is 0. The van der Waals surface area contributed by atoms with Crippen LogP contribution in [0.2, 0.25) is 0 Å². The molecule has 2 N–H and O–H groups in total. The lowest BCUT2D eigenvalue weighted by Gasteiger charge is -2.31. The van der Waals surface area contributed by atoms with Gasteiger partial charge in [0.1, 0.15) is 0 Å². The molecule has 2 rings (SSSR count). The molecule has 19 heavy (non-hydrogen) atoms. The van der Waals surface area contributed by atoms with E-state index in [1.54, 1.807) is 11.3 Å². The lowest BCUT2D eigenvalue weighted by Crippen LogP contribution is -2.43. The van der Waals surface area contributed by atoms with Crippen molar-refractivity contribution in [3.8, 4) is 0 Å². The quantitative estimate of drug-likeness (QED) is 0.833. The highest BCUT2D eigenvalue weighted by Gasteiger charge is 2.29. The second kappa shape index (κ2) is 6.35. The molecule has 0 saturated heterocycles. The van der Waals surface area contributed by atoms with Crippen LogP contribution in [0, 0.1) is 6.92 Å². The Balaban J connectivity index is 1.79. The summed E-state index contributed by atoms with van der Waals surface area (Å²) in [5, 5.41) is 13.1. The van der Waals surface area contributed by atoms with Crippen LogP contribution < -0.4 is 5.32 Å². The minimum atomic E-state index is -0.693. The Kier molecular flexibility index (Phi) is 4.77. The standard InChI is InChI=1S/C15H21NO2S/c1-12-5-6-13(19-12)7-8-14(17)16-11-15(18)9-3-2-4-10-15/h5-8,18H,2-4,9-11H2,1H3,(H,16,17). The average Bonchev–Trinajstić information content (AvgIpc) is 2.81. The number of amides is 1. The number of rotatable bonds is 4. The number of carbonyl (C=O) groups excluding carboxylic acids is 1. The molecule has 0 bridgehead atoms. The number of aliphatic hydroxyl groups is 1. The van der Waals surface area contributed by atoms with Gasteiger partial charge in [-0.2, -0.15) is 0 Å². The van der Waals surface area contributed by atoms with Gasteiger partial charge in [0.15, 0.2) is 0 Å². The summed E-state index contributed by atoms with van der Waals surface area (Å²) in [6.45, 7) is 2.40. The fraction of sp³-hybridized carbons (Fsp3) is 0.533. The lowest BCUT2D eigenvalue weighted by molar-refractivity contribution is -0.118. The van der Waals surface area contributed by atoms with Crippen molar-refractivity contribution < 1.29 is 9.90 Å². The van der Waals surface area contributed by atoms with Crippen LogP contribution >= 0.6 is 11.3 Å². The SMILES string of the molecule is Cc1ccc(C=CC(=O)NCC2(O)CCCCC2)s1. The molecule has 1 aromatic rings. The molecule has 1 amide bonds. The minimum Gasteiger partial charge on any atom is -0.388 e. The van der Waals surface area contributed by atoms with Gasteiger partial charge in [-0.1, -0.05) is 19.3 Å². The third-order valence-electron chi connectivity index (χ3n) is 3.54. The smallest absolute Gasteiger partial charge is 0.244 e. The van der Waals surface area contributed by atoms with Crippen molar-refractivity contribution >= 4 is 23.3 Å². The highest BCUT2D eigenvalue weighted by molar-refractivity contribution is 7.12. The van der Waals surface area contributed by atoms with E-state index in [0.29, 0.717) is 6.54 Å².